The van der Waals surface area contributed by atoms with Crippen LogP contribution in [-0.4, -0.2) is 15.9 Å². The first-order valence-electron chi connectivity index (χ1n) is 9.28. The van der Waals surface area contributed by atoms with E-state index in [9.17, 15) is 4.79 Å². The van der Waals surface area contributed by atoms with E-state index in [1.165, 1.54) is 16.8 Å². The molecule has 0 amide bonds. The van der Waals surface area contributed by atoms with Gasteiger partial charge in [-0.1, -0.05) is 29.8 Å². The molecule has 0 saturated carbocycles. The molecule has 3 nitrogen and oxygen atoms in total. The Bertz CT molecular complexity index is 690. The van der Waals surface area contributed by atoms with E-state index in [4.69, 9.17) is 5.73 Å². The standard InChI is InChI=1S/C22H32N2O/c1-17-10-12-18(13-11-17)7-5-9-21(25)20-15-14-19(24(20)4)8-6-16-22(2,3)23/h10-15H,5-9,16,23H2,1-4H3. The van der Waals surface area contributed by atoms with Crippen LogP contribution in [0.3, 0.4) is 0 Å². The van der Waals surface area contributed by atoms with Gasteiger partial charge in [0.1, 0.15) is 0 Å². The van der Waals surface area contributed by atoms with Crippen molar-refractivity contribution in [2.75, 3.05) is 0 Å². The molecule has 0 radical (unpaired) electrons. The predicted octanol–water partition coefficient (Wildman–Crippen LogP) is 4.60. The summed E-state index contributed by atoms with van der Waals surface area (Å²) in [7, 11) is 2.00. The fourth-order valence-electron chi connectivity index (χ4n) is 3.15. The minimum absolute atomic E-state index is 0.125. The number of ketones is 1. The summed E-state index contributed by atoms with van der Waals surface area (Å²) in [5.41, 5.74) is 10.5. The van der Waals surface area contributed by atoms with E-state index in [2.05, 4.69) is 55.7 Å². The number of Topliss-reactive ketones (excluding diaryl/α,β-unsaturated/α-hetero) is 1. The first kappa shape index (κ1) is 19.5. The number of carbonyl (C=O) groups excluding carboxylic acids is 1. The SMILES string of the molecule is Cc1ccc(CCCC(=O)c2ccc(CCCC(C)(C)N)n2C)cc1. The highest BCUT2D eigenvalue weighted by atomic mass is 16.1. The Morgan fingerprint density at radius 2 is 1.72 bits per heavy atom. The maximum atomic E-state index is 12.5. The number of hydrogen-bond acceptors (Lipinski definition) is 2. The van der Waals surface area contributed by atoms with Gasteiger partial charge in [0.25, 0.3) is 0 Å². The molecule has 0 aliphatic carbocycles. The Morgan fingerprint density at radius 1 is 1.04 bits per heavy atom. The molecular formula is C22H32N2O. The largest absolute Gasteiger partial charge is 0.345 e. The quantitative estimate of drug-likeness (QED) is 0.678. The zero-order valence-electron chi connectivity index (χ0n) is 16.1. The van der Waals surface area contributed by atoms with Gasteiger partial charge in [-0.25, -0.2) is 0 Å². The third kappa shape index (κ3) is 6.17. The van der Waals surface area contributed by atoms with E-state index in [0.717, 1.165) is 37.8 Å². The van der Waals surface area contributed by atoms with E-state index in [1.807, 2.05) is 13.1 Å². The number of rotatable bonds is 9. The second-order valence-corrected chi connectivity index (χ2v) is 7.87. The van der Waals surface area contributed by atoms with Gasteiger partial charge < -0.3 is 10.3 Å². The van der Waals surface area contributed by atoms with E-state index in [1.54, 1.807) is 0 Å². The zero-order chi connectivity index (χ0) is 18.4. The lowest BCUT2D eigenvalue weighted by atomic mass is 9.98. The number of hydrogen-bond donors (Lipinski definition) is 1. The molecule has 2 aromatic rings. The van der Waals surface area contributed by atoms with Gasteiger partial charge in [-0.3, -0.25) is 4.79 Å². The molecule has 0 aliphatic rings. The summed E-state index contributed by atoms with van der Waals surface area (Å²) in [4.78, 5) is 12.5. The lowest BCUT2D eigenvalue weighted by Crippen LogP contribution is -2.31. The normalized spacial score (nSPS) is 11.7. The van der Waals surface area contributed by atoms with Crippen molar-refractivity contribution in [1.29, 1.82) is 0 Å². The predicted molar refractivity (Wildman–Crippen MR) is 105 cm³/mol. The van der Waals surface area contributed by atoms with Crippen molar-refractivity contribution in [3.63, 3.8) is 0 Å². The number of aryl methyl sites for hydroxylation is 3. The number of aromatic nitrogens is 1. The van der Waals surface area contributed by atoms with E-state index < -0.39 is 0 Å². The number of benzene rings is 1. The average molecular weight is 341 g/mol. The van der Waals surface area contributed by atoms with Gasteiger partial charge in [-0.2, -0.15) is 0 Å². The fourth-order valence-corrected chi connectivity index (χ4v) is 3.15. The Hall–Kier alpha value is -1.87. The van der Waals surface area contributed by atoms with Crippen LogP contribution in [0.1, 0.15) is 66.8 Å². The van der Waals surface area contributed by atoms with Crippen LogP contribution in [0.2, 0.25) is 0 Å². The molecule has 2 rings (SSSR count). The Labute approximate surface area is 152 Å². The Balaban J connectivity index is 1.84. The summed E-state index contributed by atoms with van der Waals surface area (Å²) in [5.74, 6) is 0.236. The molecule has 25 heavy (non-hydrogen) atoms. The van der Waals surface area contributed by atoms with Crippen LogP contribution >= 0.6 is 0 Å². The van der Waals surface area contributed by atoms with Gasteiger partial charge in [-0.15, -0.1) is 0 Å². The summed E-state index contributed by atoms with van der Waals surface area (Å²) >= 11 is 0. The molecule has 0 unspecified atom stereocenters. The van der Waals surface area contributed by atoms with Gasteiger partial charge in [-0.05, 0) is 70.6 Å². The molecule has 2 N–H and O–H groups in total. The molecule has 1 aromatic heterocycles. The second kappa shape index (κ2) is 8.48. The molecule has 136 valence electrons. The second-order valence-electron chi connectivity index (χ2n) is 7.87. The van der Waals surface area contributed by atoms with Gasteiger partial charge >= 0.3 is 0 Å². The van der Waals surface area contributed by atoms with E-state index >= 15 is 0 Å². The molecule has 0 bridgehead atoms. The van der Waals surface area contributed by atoms with Crippen molar-refractivity contribution in [2.24, 2.45) is 12.8 Å². The summed E-state index contributed by atoms with van der Waals surface area (Å²) in [6.07, 6.45) is 5.44. The van der Waals surface area contributed by atoms with Crippen molar-refractivity contribution >= 4 is 5.78 Å². The van der Waals surface area contributed by atoms with Crippen LogP contribution in [-0.2, 0) is 19.9 Å². The third-order valence-corrected chi connectivity index (χ3v) is 4.76. The monoisotopic (exact) mass is 340 g/mol. The first-order chi connectivity index (χ1) is 11.8. The molecule has 0 atom stereocenters. The molecule has 0 saturated heterocycles. The maximum Gasteiger partial charge on any atom is 0.179 e. The average Bonchev–Trinajstić information content (AvgIpc) is 2.89. The highest BCUT2D eigenvalue weighted by Crippen LogP contribution is 2.16. The molecule has 0 spiro atoms. The molecule has 1 heterocycles. The smallest absolute Gasteiger partial charge is 0.179 e. The van der Waals surface area contributed by atoms with Crippen LogP contribution in [0.25, 0.3) is 0 Å². The number of carbonyl (C=O) groups is 1. The minimum Gasteiger partial charge on any atom is -0.345 e. The topological polar surface area (TPSA) is 48.0 Å². The van der Waals surface area contributed by atoms with Crippen molar-refractivity contribution in [2.45, 2.75) is 64.8 Å². The van der Waals surface area contributed by atoms with Crippen LogP contribution in [0, 0.1) is 6.92 Å². The summed E-state index contributed by atoms with van der Waals surface area (Å²) < 4.78 is 2.05. The lowest BCUT2D eigenvalue weighted by Gasteiger charge is -2.18. The van der Waals surface area contributed by atoms with Crippen LogP contribution in [0.4, 0.5) is 0 Å². The molecule has 3 heteroatoms. The van der Waals surface area contributed by atoms with Crippen LogP contribution in [0.15, 0.2) is 36.4 Å². The first-order valence-corrected chi connectivity index (χ1v) is 9.28. The molecule has 1 aromatic carbocycles. The van der Waals surface area contributed by atoms with Crippen molar-refractivity contribution in [1.82, 2.24) is 4.57 Å². The summed E-state index contributed by atoms with van der Waals surface area (Å²) in [6, 6.07) is 12.6. The van der Waals surface area contributed by atoms with Crippen molar-refractivity contribution < 1.29 is 4.79 Å². The Morgan fingerprint density at radius 3 is 2.36 bits per heavy atom. The van der Waals surface area contributed by atoms with Crippen LogP contribution in [0.5, 0.6) is 0 Å². The number of nitrogens with zero attached hydrogens (tertiary/aromatic N) is 1. The van der Waals surface area contributed by atoms with Gasteiger partial charge in [0, 0.05) is 24.7 Å². The van der Waals surface area contributed by atoms with Crippen molar-refractivity contribution in [3.8, 4) is 0 Å². The van der Waals surface area contributed by atoms with Gasteiger partial charge in [0.05, 0.1) is 5.69 Å². The fraction of sp³-hybridized carbons (Fsp3) is 0.500. The van der Waals surface area contributed by atoms with E-state index in [0.29, 0.717) is 6.42 Å². The molecule has 0 aliphatic heterocycles. The van der Waals surface area contributed by atoms with Crippen LogP contribution < -0.4 is 5.73 Å². The lowest BCUT2D eigenvalue weighted by molar-refractivity contribution is 0.0972. The summed E-state index contributed by atoms with van der Waals surface area (Å²) in [5, 5.41) is 0. The minimum atomic E-state index is -0.125. The zero-order valence-corrected chi connectivity index (χ0v) is 16.1. The van der Waals surface area contributed by atoms with Gasteiger partial charge in [0.15, 0.2) is 5.78 Å². The Kier molecular flexibility index (Phi) is 6.60. The highest BCUT2D eigenvalue weighted by Gasteiger charge is 2.14. The number of nitrogens with two attached hydrogens (primary N) is 1. The van der Waals surface area contributed by atoms with E-state index in [-0.39, 0.29) is 11.3 Å². The highest BCUT2D eigenvalue weighted by molar-refractivity contribution is 5.94. The summed E-state index contributed by atoms with van der Waals surface area (Å²) in [6.45, 7) is 6.21. The van der Waals surface area contributed by atoms with Crippen molar-refractivity contribution in [3.05, 3.63) is 58.9 Å². The molecule has 0 fully saturated rings. The molecular weight excluding hydrogens is 308 g/mol. The maximum absolute atomic E-state index is 12.5. The van der Waals surface area contributed by atoms with Gasteiger partial charge in [0.2, 0.25) is 0 Å². The third-order valence-electron chi connectivity index (χ3n) is 4.76.